The molecule has 1 rings (SSSR count). The second-order valence-electron chi connectivity index (χ2n) is 6.00. The van der Waals surface area contributed by atoms with E-state index in [2.05, 4.69) is 26.0 Å². The zero-order valence-electron chi connectivity index (χ0n) is 12.5. The van der Waals surface area contributed by atoms with E-state index in [0.29, 0.717) is 0 Å². The van der Waals surface area contributed by atoms with Gasteiger partial charge in [0.2, 0.25) is 0 Å². The first kappa shape index (κ1) is 15.5. The Balaban J connectivity index is 2.68. The molecule has 1 aliphatic rings. The van der Waals surface area contributed by atoms with Crippen molar-refractivity contribution in [3.8, 4) is 0 Å². The van der Waals surface area contributed by atoms with Crippen LogP contribution in [0.15, 0.2) is 23.3 Å². The van der Waals surface area contributed by atoms with Gasteiger partial charge in [-0.25, -0.2) is 0 Å². The summed E-state index contributed by atoms with van der Waals surface area (Å²) < 4.78 is 0. The zero-order valence-corrected chi connectivity index (χ0v) is 12.5. The van der Waals surface area contributed by atoms with Crippen LogP contribution in [0.5, 0.6) is 0 Å². The quantitative estimate of drug-likeness (QED) is 0.589. The molecule has 0 fully saturated rings. The van der Waals surface area contributed by atoms with E-state index in [4.69, 9.17) is 0 Å². The van der Waals surface area contributed by atoms with Crippen molar-refractivity contribution in [1.29, 1.82) is 0 Å². The molecule has 0 aromatic heterocycles. The van der Waals surface area contributed by atoms with Gasteiger partial charge in [-0.2, -0.15) is 0 Å². The van der Waals surface area contributed by atoms with E-state index in [1.54, 1.807) is 0 Å². The largest absolute Gasteiger partial charge is 0.386 e. The van der Waals surface area contributed by atoms with Gasteiger partial charge in [-0.05, 0) is 64.9 Å². The van der Waals surface area contributed by atoms with Gasteiger partial charge >= 0.3 is 0 Å². The van der Waals surface area contributed by atoms with Crippen LogP contribution in [-0.4, -0.2) is 10.7 Å². The lowest BCUT2D eigenvalue weighted by atomic mass is 9.87. The smallest absolute Gasteiger partial charge is 0.0831 e. The van der Waals surface area contributed by atoms with Gasteiger partial charge in [-0.15, -0.1) is 0 Å². The van der Waals surface area contributed by atoms with Crippen molar-refractivity contribution in [2.45, 2.75) is 84.2 Å². The van der Waals surface area contributed by atoms with E-state index in [-0.39, 0.29) is 0 Å². The van der Waals surface area contributed by atoms with E-state index in [9.17, 15) is 5.11 Å². The van der Waals surface area contributed by atoms with Crippen LogP contribution >= 0.6 is 0 Å². The van der Waals surface area contributed by atoms with Crippen molar-refractivity contribution in [2.24, 2.45) is 0 Å². The molecule has 1 unspecified atom stereocenters. The van der Waals surface area contributed by atoms with Crippen molar-refractivity contribution in [3.63, 3.8) is 0 Å². The Labute approximate surface area is 113 Å². The molecular weight excluding hydrogens is 220 g/mol. The minimum atomic E-state index is -0.626. The standard InChI is InChI=1S/C17H30O/c1-15-13-11-9-7-5-4-6-8-10-12-14-17(3,18)16(15)2/h8,10,18H,4-7,9,11-14H2,1-3H3. The maximum Gasteiger partial charge on any atom is 0.0831 e. The van der Waals surface area contributed by atoms with Gasteiger partial charge in [0, 0.05) is 0 Å². The first-order valence-electron chi connectivity index (χ1n) is 7.58. The SMILES string of the molecule is CC1=C(C)C(C)(O)CCC=CCCCCCCC1. The minimum Gasteiger partial charge on any atom is -0.386 e. The van der Waals surface area contributed by atoms with Crippen LogP contribution in [0.4, 0.5) is 0 Å². The van der Waals surface area contributed by atoms with Gasteiger partial charge in [0.05, 0.1) is 5.60 Å². The number of aliphatic hydroxyl groups is 1. The zero-order chi connectivity index (χ0) is 13.4. The first-order valence-corrected chi connectivity index (χ1v) is 7.58. The van der Waals surface area contributed by atoms with Gasteiger partial charge < -0.3 is 5.11 Å². The molecule has 1 nitrogen and oxygen atoms in total. The van der Waals surface area contributed by atoms with Gasteiger partial charge in [0.15, 0.2) is 0 Å². The van der Waals surface area contributed by atoms with Crippen LogP contribution in [0.1, 0.15) is 78.6 Å². The summed E-state index contributed by atoms with van der Waals surface area (Å²) in [5.74, 6) is 0. The average Bonchev–Trinajstić information content (AvgIpc) is 2.33. The topological polar surface area (TPSA) is 20.2 Å². The minimum absolute atomic E-state index is 0.626. The van der Waals surface area contributed by atoms with Gasteiger partial charge in [0.25, 0.3) is 0 Å². The van der Waals surface area contributed by atoms with Gasteiger partial charge in [0.1, 0.15) is 0 Å². The fraction of sp³-hybridized carbons (Fsp3) is 0.765. The summed E-state index contributed by atoms with van der Waals surface area (Å²) in [5, 5.41) is 10.5. The molecule has 0 saturated carbocycles. The van der Waals surface area contributed by atoms with Crippen LogP contribution < -0.4 is 0 Å². The van der Waals surface area contributed by atoms with E-state index in [1.165, 1.54) is 49.7 Å². The molecule has 0 spiro atoms. The molecule has 0 aromatic rings. The summed E-state index contributed by atoms with van der Waals surface area (Å²) in [5.41, 5.74) is 1.95. The predicted octanol–water partition coefficient (Wildman–Crippen LogP) is 5.15. The molecule has 18 heavy (non-hydrogen) atoms. The molecule has 0 saturated heterocycles. The highest BCUT2D eigenvalue weighted by molar-refractivity contribution is 5.19. The molecule has 0 heterocycles. The monoisotopic (exact) mass is 250 g/mol. The summed E-state index contributed by atoms with van der Waals surface area (Å²) in [6, 6.07) is 0. The molecule has 0 aliphatic heterocycles. The molecule has 1 atom stereocenters. The Morgan fingerprint density at radius 3 is 2.33 bits per heavy atom. The third-order valence-electron chi connectivity index (χ3n) is 4.34. The normalized spacial score (nSPS) is 29.1. The average molecular weight is 250 g/mol. The number of allylic oxidation sites excluding steroid dienone is 3. The van der Waals surface area contributed by atoms with Crippen molar-refractivity contribution in [1.82, 2.24) is 0 Å². The van der Waals surface area contributed by atoms with Gasteiger partial charge in [-0.3, -0.25) is 0 Å². The molecule has 1 N–H and O–H groups in total. The predicted molar refractivity (Wildman–Crippen MR) is 79.7 cm³/mol. The van der Waals surface area contributed by atoms with Gasteiger partial charge in [-0.1, -0.05) is 37.0 Å². The Kier molecular flexibility index (Phi) is 6.70. The maximum atomic E-state index is 10.5. The summed E-state index contributed by atoms with van der Waals surface area (Å²) in [6.07, 6.45) is 15.3. The second kappa shape index (κ2) is 7.78. The molecule has 0 radical (unpaired) electrons. The van der Waals surface area contributed by atoms with E-state index < -0.39 is 5.60 Å². The van der Waals surface area contributed by atoms with E-state index >= 15 is 0 Å². The first-order chi connectivity index (χ1) is 8.54. The molecule has 0 amide bonds. The summed E-state index contributed by atoms with van der Waals surface area (Å²) in [6.45, 7) is 6.25. The van der Waals surface area contributed by atoms with Crippen molar-refractivity contribution in [3.05, 3.63) is 23.3 Å². The van der Waals surface area contributed by atoms with Crippen LogP contribution in [0.2, 0.25) is 0 Å². The van der Waals surface area contributed by atoms with Crippen LogP contribution in [0.3, 0.4) is 0 Å². The lowest BCUT2D eigenvalue weighted by Gasteiger charge is -2.26. The summed E-state index contributed by atoms with van der Waals surface area (Å²) in [4.78, 5) is 0. The highest BCUT2D eigenvalue weighted by Crippen LogP contribution is 2.27. The second-order valence-corrected chi connectivity index (χ2v) is 6.00. The fourth-order valence-corrected chi connectivity index (χ4v) is 2.62. The molecular formula is C17H30O. The van der Waals surface area contributed by atoms with Crippen LogP contribution in [0.25, 0.3) is 0 Å². The van der Waals surface area contributed by atoms with Crippen molar-refractivity contribution in [2.75, 3.05) is 0 Å². The van der Waals surface area contributed by atoms with E-state index in [1.807, 2.05) is 6.92 Å². The fourth-order valence-electron chi connectivity index (χ4n) is 2.62. The number of hydrogen-bond donors (Lipinski definition) is 1. The van der Waals surface area contributed by atoms with Crippen LogP contribution in [0, 0.1) is 0 Å². The lowest BCUT2D eigenvalue weighted by molar-refractivity contribution is 0.0887. The van der Waals surface area contributed by atoms with E-state index in [0.717, 1.165) is 19.3 Å². The Hall–Kier alpha value is -0.560. The Bertz CT molecular complexity index is 297. The molecule has 0 aromatic carbocycles. The molecule has 104 valence electrons. The highest BCUT2D eigenvalue weighted by Gasteiger charge is 2.23. The molecule has 0 bridgehead atoms. The molecule has 1 heteroatoms. The third-order valence-corrected chi connectivity index (χ3v) is 4.34. The maximum absolute atomic E-state index is 10.5. The Morgan fingerprint density at radius 2 is 1.56 bits per heavy atom. The highest BCUT2D eigenvalue weighted by atomic mass is 16.3. The lowest BCUT2D eigenvalue weighted by Crippen LogP contribution is -2.26. The van der Waals surface area contributed by atoms with Crippen LogP contribution in [-0.2, 0) is 0 Å². The van der Waals surface area contributed by atoms with Crippen molar-refractivity contribution < 1.29 is 5.11 Å². The summed E-state index contributed by atoms with van der Waals surface area (Å²) >= 11 is 0. The Morgan fingerprint density at radius 1 is 0.944 bits per heavy atom. The van der Waals surface area contributed by atoms with Crippen molar-refractivity contribution >= 4 is 0 Å². The molecule has 1 aliphatic carbocycles. The number of rotatable bonds is 0. The number of hydrogen-bond acceptors (Lipinski definition) is 1. The summed E-state index contributed by atoms with van der Waals surface area (Å²) in [7, 11) is 0. The third kappa shape index (κ3) is 5.39.